The maximum absolute atomic E-state index is 5.77. The fourth-order valence-electron chi connectivity index (χ4n) is 0.938. The van der Waals surface area contributed by atoms with Gasteiger partial charge in [0.15, 0.2) is 5.82 Å². The van der Waals surface area contributed by atoms with E-state index in [0.29, 0.717) is 17.7 Å². The Kier molecular flexibility index (Phi) is 1.97. The van der Waals surface area contributed by atoms with Gasteiger partial charge in [-0.15, -0.1) is 10.2 Å². The number of rotatable bonds is 2. The van der Waals surface area contributed by atoms with Gasteiger partial charge < -0.3 is 4.52 Å². The Morgan fingerprint density at radius 2 is 2.38 bits per heavy atom. The highest BCUT2D eigenvalue weighted by atomic mass is 35.5. The second-order valence-electron chi connectivity index (χ2n) is 2.45. The van der Waals surface area contributed by atoms with Gasteiger partial charge in [-0.05, 0) is 18.5 Å². The molecule has 0 saturated heterocycles. The third kappa shape index (κ3) is 1.52. The minimum atomic E-state index is 0.322. The number of halogens is 1. The fourth-order valence-corrected chi connectivity index (χ4v) is 1.16. The zero-order valence-corrected chi connectivity index (χ0v) is 7.56. The molecule has 2 aromatic heterocycles. The minimum Gasteiger partial charge on any atom is -0.343 e. The van der Waals surface area contributed by atoms with E-state index >= 15 is 0 Å². The lowest BCUT2D eigenvalue weighted by atomic mass is 10.5. The van der Waals surface area contributed by atoms with Gasteiger partial charge in [-0.3, -0.25) is 4.57 Å². The van der Waals surface area contributed by atoms with E-state index < -0.39 is 0 Å². The first-order valence-corrected chi connectivity index (χ1v) is 3.95. The van der Waals surface area contributed by atoms with E-state index in [2.05, 4.69) is 24.9 Å². The molecular weight excluding hydrogens is 194 g/mol. The van der Waals surface area contributed by atoms with Gasteiger partial charge in [0, 0.05) is 0 Å². The highest BCUT2D eigenvalue weighted by Crippen LogP contribution is 2.08. The van der Waals surface area contributed by atoms with E-state index in [9.17, 15) is 0 Å². The van der Waals surface area contributed by atoms with Crippen LogP contribution in [0, 0.1) is 6.92 Å². The fraction of sp³-hybridized carbons (Fsp3) is 0.333. The van der Waals surface area contributed by atoms with Crippen molar-refractivity contribution in [2.24, 2.45) is 0 Å². The van der Waals surface area contributed by atoms with E-state index in [1.807, 2.05) is 0 Å². The first-order chi connectivity index (χ1) is 6.27. The van der Waals surface area contributed by atoms with Crippen molar-refractivity contribution in [2.75, 3.05) is 0 Å². The van der Waals surface area contributed by atoms with Crippen molar-refractivity contribution in [1.82, 2.24) is 24.9 Å². The zero-order chi connectivity index (χ0) is 9.26. The summed E-state index contributed by atoms with van der Waals surface area (Å²) in [5.74, 6) is 1.26. The van der Waals surface area contributed by atoms with Crippen LogP contribution in [0.1, 0.15) is 11.6 Å². The first kappa shape index (κ1) is 8.18. The number of aryl methyl sites for hydroxylation is 1. The molecule has 0 spiro atoms. The van der Waals surface area contributed by atoms with E-state index in [4.69, 9.17) is 11.6 Å². The monoisotopic (exact) mass is 199 g/mol. The van der Waals surface area contributed by atoms with Crippen LogP contribution in [0.2, 0.25) is 5.28 Å². The second-order valence-corrected chi connectivity index (χ2v) is 2.79. The molecule has 0 aliphatic heterocycles. The van der Waals surface area contributed by atoms with Crippen molar-refractivity contribution in [2.45, 2.75) is 13.5 Å². The Labute approximate surface area is 78.5 Å². The first-order valence-electron chi connectivity index (χ1n) is 3.58. The highest BCUT2D eigenvalue weighted by molar-refractivity contribution is 6.28. The van der Waals surface area contributed by atoms with E-state index in [1.165, 1.54) is 6.39 Å². The van der Waals surface area contributed by atoms with Crippen LogP contribution in [0.4, 0.5) is 0 Å². The molecular formula is C6H6ClN5O. The number of hydrogen-bond acceptors (Lipinski definition) is 5. The summed E-state index contributed by atoms with van der Waals surface area (Å²) in [6, 6.07) is 0. The van der Waals surface area contributed by atoms with Crippen molar-refractivity contribution < 1.29 is 4.52 Å². The lowest BCUT2D eigenvalue weighted by molar-refractivity contribution is 0.408. The molecule has 2 heterocycles. The summed E-state index contributed by atoms with van der Waals surface area (Å²) in [5.41, 5.74) is 0. The topological polar surface area (TPSA) is 69.6 Å². The SMILES string of the molecule is Cc1nnc(Cl)n1Cc1ncon1. The molecule has 7 heteroatoms. The van der Waals surface area contributed by atoms with Gasteiger partial charge in [0.05, 0.1) is 6.54 Å². The maximum atomic E-state index is 5.77. The van der Waals surface area contributed by atoms with Crippen LogP contribution in [0.5, 0.6) is 0 Å². The molecule has 68 valence electrons. The predicted molar refractivity (Wildman–Crippen MR) is 43.2 cm³/mol. The molecule has 0 saturated carbocycles. The average molecular weight is 200 g/mol. The summed E-state index contributed by atoms with van der Waals surface area (Å²) in [7, 11) is 0. The third-order valence-corrected chi connectivity index (χ3v) is 1.88. The Hall–Kier alpha value is -1.43. The van der Waals surface area contributed by atoms with E-state index in [1.54, 1.807) is 11.5 Å². The summed E-state index contributed by atoms with van der Waals surface area (Å²) >= 11 is 5.77. The summed E-state index contributed by atoms with van der Waals surface area (Å²) in [6.45, 7) is 2.23. The van der Waals surface area contributed by atoms with Gasteiger partial charge in [0.1, 0.15) is 5.82 Å². The van der Waals surface area contributed by atoms with Crippen molar-refractivity contribution in [3.05, 3.63) is 23.3 Å². The molecule has 0 bridgehead atoms. The standard InChI is InChI=1S/C6H6ClN5O/c1-4-9-10-6(7)12(4)2-5-8-3-13-11-5/h3H,2H2,1H3. The largest absolute Gasteiger partial charge is 0.343 e. The highest BCUT2D eigenvalue weighted by Gasteiger charge is 2.08. The molecule has 0 aliphatic carbocycles. The zero-order valence-electron chi connectivity index (χ0n) is 6.81. The molecule has 0 amide bonds. The van der Waals surface area contributed by atoms with Crippen molar-refractivity contribution >= 4 is 11.6 Å². The molecule has 0 N–H and O–H groups in total. The molecule has 6 nitrogen and oxygen atoms in total. The molecule has 0 aromatic carbocycles. The lowest BCUT2D eigenvalue weighted by Crippen LogP contribution is -2.03. The van der Waals surface area contributed by atoms with Crippen molar-refractivity contribution in [3.8, 4) is 0 Å². The quantitative estimate of drug-likeness (QED) is 0.711. The molecule has 13 heavy (non-hydrogen) atoms. The Bertz CT molecular complexity index is 376. The van der Waals surface area contributed by atoms with Crippen LogP contribution in [-0.4, -0.2) is 24.9 Å². The molecule has 0 atom stereocenters. The maximum Gasteiger partial charge on any atom is 0.225 e. The molecule has 0 radical (unpaired) electrons. The second kappa shape index (κ2) is 3.14. The number of nitrogens with zero attached hydrogens (tertiary/aromatic N) is 5. The van der Waals surface area contributed by atoms with Gasteiger partial charge in [-0.1, -0.05) is 5.16 Å². The predicted octanol–water partition coefficient (Wildman–Crippen LogP) is 0.671. The molecule has 0 aliphatic rings. The van der Waals surface area contributed by atoms with Gasteiger partial charge in [-0.25, -0.2) is 0 Å². The Morgan fingerprint density at radius 1 is 1.54 bits per heavy atom. The summed E-state index contributed by atoms with van der Waals surface area (Å²) in [5, 5.41) is 11.5. The molecule has 2 rings (SSSR count). The van der Waals surface area contributed by atoms with Crippen molar-refractivity contribution in [3.63, 3.8) is 0 Å². The smallest absolute Gasteiger partial charge is 0.225 e. The third-order valence-electron chi connectivity index (χ3n) is 1.60. The van der Waals surface area contributed by atoms with E-state index in [-0.39, 0.29) is 0 Å². The summed E-state index contributed by atoms with van der Waals surface area (Å²) in [6.07, 6.45) is 1.27. The van der Waals surface area contributed by atoms with Crippen LogP contribution in [0.15, 0.2) is 10.9 Å². The van der Waals surface area contributed by atoms with Gasteiger partial charge in [0.25, 0.3) is 0 Å². The van der Waals surface area contributed by atoms with Gasteiger partial charge in [0.2, 0.25) is 11.7 Å². The average Bonchev–Trinajstić information content (AvgIpc) is 2.70. The lowest BCUT2D eigenvalue weighted by Gasteiger charge is -1.99. The summed E-state index contributed by atoms with van der Waals surface area (Å²) in [4.78, 5) is 3.86. The number of aromatic nitrogens is 5. The molecule has 0 unspecified atom stereocenters. The van der Waals surface area contributed by atoms with E-state index in [0.717, 1.165) is 5.82 Å². The van der Waals surface area contributed by atoms with Crippen LogP contribution in [0.25, 0.3) is 0 Å². The molecule has 2 aromatic rings. The number of hydrogen-bond donors (Lipinski definition) is 0. The van der Waals surface area contributed by atoms with Gasteiger partial charge >= 0.3 is 0 Å². The Balaban J connectivity index is 2.27. The van der Waals surface area contributed by atoms with Crippen LogP contribution in [0.3, 0.4) is 0 Å². The van der Waals surface area contributed by atoms with Crippen LogP contribution >= 0.6 is 11.6 Å². The van der Waals surface area contributed by atoms with Crippen molar-refractivity contribution in [1.29, 1.82) is 0 Å². The normalized spacial score (nSPS) is 10.6. The molecule has 0 fully saturated rings. The Morgan fingerprint density at radius 3 is 2.92 bits per heavy atom. The van der Waals surface area contributed by atoms with Gasteiger partial charge in [-0.2, -0.15) is 4.98 Å². The minimum absolute atomic E-state index is 0.322. The summed E-state index contributed by atoms with van der Waals surface area (Å²) < 4.78 is 6.27. The van der Waals surface area contributed by atoms with Crippen LogP contribution in [-0.2, 0) is 6.54 Å². The van der Waals surface area contributed by atoms with Crippen LogP contribution < -0.4 is 0 Å².